The molecule has 1 amide bonds. The Balaban J connectivity index is 1.22. The van der Waals surface area contributed by atoms with Gasteiger partial charge in [-0.05, 0) is 50.7 Å². The Kier molecular flexibility index (Phi) is 5.83. The van der Waals surface area contributed by atoms with Gasteiger partial charge < -0.3 is 10.1 Å². The summed E-state index contributed by atoms with van der Waals surface area (Å²) < 4.78 is 8.95. The number of nitrogens with one attached hydrogen (secondary N) is 1. The Morgan fingerprint density at radius 2 is 1.86 bits per heavy atom. The maximum atomic E-state index is 13.2. The minimum Gasteiger partial charge on any atom is -0.381 e. The first kappa shape index (κ1) is 23.5. The molecule has 0 bridgehead atoms. The number of carbonyl (C=O) groups excluding carboxylic acids is 1. The van der Waals surface area contributed by atoms with E-state index in [0.29, 0.717) is 24.4 Å². The minimum absolute atomic E-state index is 0.0442. The lowest BCUT2D eigenvalue weighted by atomic mass is 10.00. The smallest absolute Gasteiger partial charge is 0.289 e. The summed E-state index contributed by atoms with van der Waals surface area (Å²) >= 11 is 0. The average molecular weight is 500 g/mol. The van der Waals surface area contributed by atoms with Crippen molar-refractivity contribution in [1.82, 2.24) is 34.6 Å². The number of carbonyl (C=O) groups is 1. The van der Waals surface area contributed by atoms with Crippen LogP contribution >= 0.6 is 0 Å². The predicted molar refractivity (Wildman–Crippen MR) is 137 cm³/mol. The second-order valence-corrected chi connectivity index (χ2v) is 10.1. The van der Waals surface area contributed by atoms with Crippen molar-refractivity contribution in [3.8, 4) is 11.1 Å². The van der Waals surface area contributed by atoms with Crippen LogP contribution < -0.4 is 10.9 Å². The van der Waals surface area contributed by atoms with E-state index in [1.165, 1.54) is 0 Å². The third kappa shape index (κ3) is 4.31. The van der Waals surface area contributed by atoms with Crippen LogP contribution in [0.4, 0.5) is 0 Å². The van der Waals surface area contributed by atoms with E-state index < -0.39 is 5.54 Å². The number of fused-ring (bicyclic) bond motifs is 1. The zero-order valence-corrected chi connectivity index (χ0v) is 20.9. The molecular weight excluding hydrogens is 470 g/mol. The lowest BCUT2D eigenvalue weighted by Crippen LogP contribution is -2.36. The van der Waals surface area contributed by atoms with Gasteiger partial charge in [0.2, 0.25) is 5.82 Å². The van der Waals surface area contributed by atoms with Gasteiger partial charge in [-0.1, -0.05) is 24.3 Å². The van der Waals surface area contributed by atoms with Gasteiger partial charge in [0.1, 0.15) is 0 Å². The molecule has 0 unspecified atom stereocenters. The summed E-state index contributed by atoms with van der Waals surface area (Å²) in [7, 11) is 0. The third-order valence-corrected chi connectivity index (χ3v) is 7.32. The topological polar surface area (TPSA) is 117 Å². The zero-order valence-electron chi connectivity index (χ0n) is 20.9. The van der Waals surface area contributed by atoms with Crippen LogP contribution in [-0.2, 0) is 10.3 Å². The number of amides is 1. The SMILES string of the molecule is CC(C)n1ncc2cnc(C(=O)NC3(c4ccc(-c5cncn(C6CCOCC6)c5=O)cc4)CC3)nc21. The molecule has 1 N–H and O–H groups in total. The van der Waals surface area contributed by atoms with Crippen molar-refractivity contribution in [3.05, 3.63) is 70.9 Å². The molecule has 1 saturated heterocycles. The van der Waals surface area contributed by atoms with Gasteiger partial charge in [-0.15, -0.1) is 0 Å². The molecule has 37 heavy (non-hydrogen) atoms. The molecule has 6 rings (SSSR count). The van der Waals surface area contributed by atoms with Crippen LogP contribution in [0, 0.1) is 0 Å². The number of hydrogen-bond acceptors (Lipinski definition) is 7. The first-order valence-electron chi connectivity index (χ1n) is 12.7. The highest BCUT2D eigenvalue weighted by Crippen LogP contribution is 2.46. The van der Waals surface area contributed by atoms with Crippen molar-refractivity contribution in [2.45, 2.75) is 57.2 Å². The van der Waals surface area contributed by atoms with Crippen molar-refractivity contribution in [2.75, 3.05) is 13.2 Å². The van der Waals surface area contributed by atoms with Gasteiger partial charge in [0.05, 0.1) is 29.0 Å². The summed E-state index contributed by atoms with van der Waals surface area (Å²) in [5.41, 5.74) is 2.51. The highest BCUT2D eigenvalue weighted by atomic mass is 16.5. The van der Waals surface area contributed by atoms with Gasteiger partial charge in [-0.2, -0.15) is 5.10 Å². The highest BCUT2D eigenvalue weighted by molar-refractivity contribution is 5.93. The second-order valence-electron chi connectivity index (χ2n) is 10.1. The normalized spacial score (nSPS) is 17.3. The first-order chi connectivity index (χ1) is 17.9. The van der Waals surface area contributed by atoms with Gasteiger partial charge in [-0.3, -0.25) is 14.2 Å². The van der Waals surface area contributed by atoms with Crippen molar-refractivity contribution >= 4 is 16.9 Å². The van der Waals surface area contributed by atoms with Gasteiger partial charge in [0, 0.05) is 37.7 Å². The third-order valence-electron chi connectivity index (χ3n) is 7.32. The van der Waals surface area contributed by atoms with E-state index in [1.54, 1.807) is 34.2 Å². The van der Waals surface area contributed by atoms with Crippen molar-refractivity contribution in [2.24, 2.45) is 0 Å². The van der Waals surface area contributed by atoms with Crippen LogP contribution in [0.1, 0.15) is 67.8 Å². The van der Waals surface area contributed by atoms with Crippen LogP contribution in [0.15, 0.2) is 54.0 Å². The summed E-state index contributed by atoms with van der Waals surface area (Å²) in [5.74, 6) is -0.187. The van der Waals surface area contributed by atoms with Crippen LogP contribution in [0.25, 0.3) is 22.2 Å². The molecule has 1 aromatic carbocycles. The largest absolute Gasteiger partial charge is 0.381 e. The minimum atomic E-state index is -0.455. The molecule has 1 aliphatic carbocycles. The fourth-order valence-corrected chi connectivity index (χ4v) is 5.02. The lowest BCUT2D eigenvalue weighted by Gasteiger charge is -2.24. The van der Waals surface area contributed by atoms with Gasteiger partial charge >= 0.3 is 0 Å². The Morgan fingerprint density at radius 3 is 2.57 bits per heavy atom. The monoisotopic (exact) mass is 499 g/mol. The molecule has 0 radical (unpaired) electrons. The highest BCUT2D eigenvalue weighted by Gasteiger charge is 2.46. The van der Waals surface area contributed by atoms with E-state index in [1.807, 2.05) is 38.1 Å². The van der Waals surface area contributed by atoms with Crippen LogP contribution in [0.5, 0.6) is 0 Å². The van der Waals surface area contributed by atoms with E-state index >= 15 is 0 Å². The Hall–Kier alpha value is -3.92. The van der Waals surface area contributed by atoms with Gasteiger partial charge in [-0.25, -0.2) is 19.6 Å². The molecule has 2 fully saturated rings. The summed E-state index contributed by atoms with van der Waals surface area (Å²) in [6.45, 7) is 5.35. The molecule has 4 aromatic rings. The standard InChI is InChI=1S/C27H29N7O3/c1-17(2)34-24-19(14-30-34)13-29-23(31-24)25(35)32-27(9-10-27)20-5-3-18(4-6-20)22-15-28-16-33(26(22)36)21-7-11-37-12-8-21/h3-6,13-17,21H,7-12H2,1-2H3,(H,32,35). The maximum absolute atomic E-state index is 13.2. The molecule has 10 heteroatoms. The quantitative estimate of drug-likeness (QED) is 0.432. The Morgan fingerprint density at radius 1 is 1.11 bits per heavy atom. The molecule has 1 aliphatic heterocycles. The number of rotatable bonds is 6. The molecule has 4 heterocycles. The first-order valence-corrected chi connectivity index (χ1v) is 12.7. The van der Waals surface area contributed by atoms with Crippen LogP contribution in [0.3, 0.4) is 0 Å². The van der Waals surface area contributed by atoms with E-state index in [4.69, 9.17) is 4.74 Å². The Labute approximate surface area is 213 Å². The zero-order chi connectivity index (χ0) is 25.6. The van der Waals surface area contributed by atoms with Crippen LogP contribution in [0.2, 0.25) is 0 Å². The maximum Gasteiger partial charge on any atom is 0.289 e. The number of ether oxygens (including phenoxy) is 1. The average Bonchev–Trinajstić information content (AvgIpc) is 3.57. The number of hydrogen-bond donors (Lipinski definition) is 1. The summed E-state index contributed by atoms with van der Waals surface area (Å²) in [4.78, 5) is 39.4. The summed E-state index contributed by atoms with van der Waals surface area (Å²) in [6, 6.07) is 8.05. The fourth-order valence-electron chi connectivity index (χ4n) is 5.02. The second kappa shape index (κ2) is 9.19. The van der Waals surface area contributed by atoms with Crippen molar-refractivity contribution < 1.29 is 9.53 Å². The predicted octanol–water partition coefficient (Wildman–Crippen LogP) is 3.40. The number of nitrogens with zero attached hydrogens (tertiary/aromatic N) is 6. The fraction of sp³-hybridized carbons (Fsp3) is 0.407. The van der Waals surface area contributed by atoms with Crippen molar-refractivity contribution in [3.63, 3.8) is 0 Å². The summed E-state index contributed by atoms with van der Waals surface area (Å²) in [5, 5.41) is 8.29. The van der Waals surface area contributed by atoms with Gasteiger partial charge in [0.25, 0.3) is 11.5 Å². The molecule has 190 valence electrons. The van der Waals surface area contributed by atoms with E-state index in [2.05, 4.69) is 25.4 Å². The van der Waals surface area contributed by atoms with E-state index in [-0.39, 0.29) is 29.4 Å². The molecule has 1 saturated carbocycles. The van der Waals surface area contributed by atoms with Crippen molar-refractivity contribution in [1.29, 1.82) is 0 Å². The van der Waals surface area contributed by atoms with E-state index in [9.17, 15) is 9.59 Å². The summed E-state index contributed by atoms with van der Waals surface area (Å²) in [6.07, 6.45) is 9.86. The molecular formula is C27H29N7O3. The number of aromatic nitrogens is 6. The molecule has 3 aromatic heterocycles. The molecule has 10 nitrogen and oxygen atoms in total. The molecule has 0 spiro atoms. The molecule has 0 atom stereocenters. The van der Waals surface area contributed by atoms with Gasteiger partial charge in [0.15, 0.2) is 5.65 Å². The van der Waals surface area contributed by atoms with Crippen LogP contribution in [-0.4, -0.2) is 48.4 Å². The number of benzene rings is 1. The van der Waals surface area contributed by atoms with E-state index in [0.717, 1.165) is 42.2 Å². The molecule has 2 aliphatic rings. The Bertz CT molecular complexity index is 1510. The lowest BCUT2D eigenvalue weighted by molar-refractivity contribution is 0.0684.